The van der Waals surface area contributed by atoms with Crippen molar-refractivity contribution in [3.63, 3.8) is 0 Å². The van der Waals surface area contributed by atoms with Gasteiger partial charge in [0.2, 0.25) is 0 Å². The highest BCUT2D eigenvalue weighted by atomic mass is 32.2. The zero-order valence-electron chi connectivity index (χ0n) is 12.1. The van der Waals surface area contributed by atoms with Crippen molar-refractivity contribution in [3.05, 3.63) is 54.4 Å². The van der Waals surface area contributed by atoms with E-state index in [4.69, 9.17) is 22.5 Å². The number of nitrogens with zero attached hydrogens (tertiary/aromatic N) is 3. The first-order chi connectivity index (χ1) is 10.8. The molecule has 0 aliphatic rings. The second kappa shape index (κ2) is 6.82. The topological polar surface area (TPSA) is 109 Å². The van der Waals surface area contributed by atoms with E-state index in [2.05, 4.69) is 10.1 Å². The van der Waals surface area contributed by atoms with Crippen LogP contribution in [-0.4, -0.2) is 28.8 Å². The summed E-state index contributed by atoms with van der Waals surface area (Å²) in [5.41, 5.74) is 7.38. The highest BCUT2D eigenvalue weighted by Crippen LogP contribution is 2.19. The monoisotopic (exact) mass is 350 g/mol. The van der Waals surface area contributed by atoms with Gasteiger partial charge in [0.25, 0.3) is 10.1 Å². The van der Waals surface area contributed by atoms with Crippen LogP contribution in [0.2, 0.25) is 0 Å². The molecule has 1 heterocycles. The quantitative estimate of drug-likeness (QED) is 0.374. The smallest absolute Gasteiger partial charge is 0.294 e. The van der Waals surface area contributed by atoms with Gasteiger partial charge < -0.3 is 5.73 Å². The lowest BCUT2D eigenvalue weighted by Crippen LogP contribution is -2.32. The summed E-state index contributed by atoms with van der Waals surface area (Å²) >= 11 is 4.98. The van der Waals surface area contributed by atoms with Gasteiger partial charge in [0.15, 0.2) is 5.11 Å². The highest BCUT2D eigenvalue weighted by molar-refractivity contribution is 7.85. The van der Waals surface area contributed by atoms with Crippen LogP contribution in [0.25, 0.3) is 0 Å². The average molecular weight is 350 g/mol. The largest absolute Gasteiger partial charge is 0.374 e. The van der Waals surface area contributed by atoms with Gasteiger partial charge in [-0.3, -0.25) is 9.54 Å². The van der Waals surface area contributed by atoms with E-state index in [1.54, 1.807) is 25.3 Å². The van der Waals surface area contributed by atoms with Crippen LogP contribution >= 0.6 is 12.2 Å². The molecule has 0 fully saturated rings. The van der Waals surface area contributed by atoms with E-state index in [9.17, 15) is 8.42 Å². The van der Waals surface area contributed by atoms with E-state index in [1.165, 1.54) is 29.3 Å². The summed E-state index contributed by atoms with van der Waals surface area (Å²) in [6, 6.07) is 10.8. The molecule has 0 saturated heterocycles. The molecule has 0 aliphatic heterocycles. The summed E-state index contributed by atoms with van der Waals surface area (Å²) in [5, 5.41) is 5.59. The first-order valence-corrected chi connectivity index (χ1v) is 8.27. The minimum absolute atomic E-state index is 0.0140. The maximum Gasteiger partial charge on any atom is 0.294 e. The molecule has 0 aliphatic carbocycles. The van der Waals surface area contributed by atoms with Crippen LogP contribution in [0.3, 0.4) is 0 Å². The normalized spacial score (nSPS) is 12.0. The van der Waals surface area contributed by atoms with Gasteiger partial charge in [-0.1, -0.05) is 6.07 Å². The standard InChI is InChI=1S/C14H14N4O3S2/c1-10(13-4-2-3-9-16-13)17-18(14(15)22)11-5-7-12(8-6-11)23(19,20)21/h2-9H,1H3,(H2,15,22)(H,19,20,21)/b17-10+. The van der Waals surface area contributed by atoms with Crippen LogP contribution in [0.1, 0.15) is 12.6 Å². The first-order valence-electron chi connectivity index (χ1n) is 6.43. The number of nitrogens with two attached hydrogens (primary N) is 1. The van der Waals surface area contributed by atoms with E-state index in [1.807, 2.05) is 6.07 Å². The Bertz CT molecular complexity index is 834. The second-order valence-corrected chi connectivity index (χ2v) is 6.36. The van der Waals surface area contributed by atoms with Crippen molar-refractivity contribution in [2.75, 3.05) is 5.01 Å². The second-order valence-electron chi connectivity index (χ2n) is 4.52. The van der Waals surface area contributed by atoms with Crippen LogP contribution < -0.4 is 10.7 Å². The molecule has 0 spiro atoms. The van der Waals surface area contributed by atoms with Gasteiger partial charge in [0, 0.05) is 6.20 Å². The molecule has 23 heavy (non-hydrogen) atoms. The number of hydrogen-bond acceptors (Lipinski definition) is 5. The summed E-state index contributed by atoms with van der Waals surface area (Å²) in [7, 11) is -4.26. The fourth-order valence-electron chi connectivity index (χ4n) is 1.77. The number of hydrazone groups is 1. The summed E-state index contributed by atoms with van der Waals surface area (Å²) in [6.45, 7) is 1.75. The van der Waals surface area contributed by atoms with E-state index >= 15 is 0 Å². The molecular weight excluding hydrogens is 336 g/mol. The van der Waals surface area contributed by atoms with Crippen molar-refractivity contribution in [2.45, 2.75) is 11.8 Å². The third-order valence-corrected chi connectivity index (χ3v) is 3.91. The van der Waals surface area contributed by atoms with Crippen molar-refractivity contribution in [2.24, 2.45) is 10.8 Å². The van der Waals surface area contributed by atoms with Gasteiger partial charge >= 0.3 is 0 Å². The summed E-state index contributed by atoms with van der Waals surface area (Å²) in [5.74, 6) is 0. The lowest BCUT2D eigenvalue weighted by atomic mass is 10.2. The minimum Gasteiger partial charge on any atom is -0.374 e. The zero-order chi connectivity index (χ0) is 17.0. The lowest BCUT2D eigenvalue weighted by Gasteiger charge is -2.18. The number of rotatable bonds is 4. The van der Waals surface area contributed by atoms with E-state index in [-0.39, 0.29) is 10.0 Å². The summed E-state index contributed by atoms with van der Waals surface area (Å²) < 4.78 is 31.1. The Labute approximate surface area is 139 Å². The molecule has 7 nitrogen and oxygen atoms in total. The number of anilines is 1. The van der Waals surface area contributed by atoms with Crippen LogP contribution in [0, 0.1) is 0 Å². The molecule has 1 aromatic heterocycles. The Morgan fingerprint density at radius 1 is 1.26 bits per heavy atom. The van der Waals surface area contributed by atoms with Crippen LogP contribution in [0.15, 0.2) is 58.7 Å². The van der Waals surface area contributed by atoms with Crippen molar-refractivity contribution >= 4 is 38.8 Å². The molecule has 0 saturated carbocycles. The fourth-order valence-corrected chi connectivity index (χ4v) is 2.40. The number of hydrogen-bond donors (Lipinski definition) is 2. The van der Waals surface area contributed by atoms with E-state index < -0.39 is 10.1 Å². The van der Waals surface area contributed by atoms with Gasteiger partial charge in [-0.15, -0.1) is 0 Å². The number of aromatic nitrogens is 1. The fraction of sp³-hybridized carbons (Fsp3) is 0.0714. The Kier molecular flexibility index (Phi) is 5.04. The minimum atomic E-state index is -4.26. The van der Waals surface area contributed by atoms with Crippen LogP contribution in [-0.2, 0) is 10.1 Å². The predicted molar refractivity (Wildman–Crippen MR) is 92.0 cm³/mol. The van der Waals surface area contributed by atoms with Crippen molar-refractivity contribution < 1.29 is 13.0 Å². The van der Waals surface area contributed by atoms with Gasteiger partial charge in [-0.05, 0) is 55.5 Å². The Morgan fingerprint density at radius 3 is 2.39 bits per heavy atom. The maximum absolute atomic E-state index is 11.1. The molecule has 0 atom stereocenters. The number of thiocarbonyl (C=S) groups is 1. The molecule has 0 bridgehead atoms. The summed E-state index contributed by atoms with van der Waals surface area (Å²) in [4.78, 5) is 3.95. The number of benzene rings is 1. The van der Waals surface area contributed by atoms with E-state index in [0.717, 1.165) is 0 Å². The molecule has 0 radical (unpaired) electrons. The Morgan fingerprint density at radius 2 is 1.91 bits per heavy atom. The predicted octanol–water partition coefficient (Wildman–Crippen LogP) is 1.80. The molecule has 9 heteroatoms. The molecular formula is C14H14N4O3S2. The van der Waals surface area contributed by atoms with E-state index in [0.29, 0.717) is 17.1 Å². The van der Waals surface area contributed by atoms with Crippen molar-refractivity contribution in [1.82, 2.24) is 4.98 Å². The molecule has 0 amide bonds. The molecule has 1 aromatic carbocycles. The van der Waals surface area contributed by atoms with Crippen LogP contribution in [0.4, 0.5) is 5.69 Å². The molecule has 120 valence electrons. The van der Waals surface area contributed by atoms with Crippen molar-refractivity contribution in [1.29, 1.82) is 0 Å². The maximum atomic E-state index is 11.1. The van der Waals surface area contributed by atoms with Crippen LogP contribution in [0.5, 0.6) is 0 Å². The molecule has 2 rings (SSSR count). The summed E-state index contributed by atoms with van der Waals surface area (Å²) in [6.07, 6.45) is 1.64. The highest BCUT2D eigenvalue weighted by Gasteiger charge is 2.13. The van der Waals surface area contributed by atoms with Gasteiger partial charge in [0.05, 0.1) is 22.0 Å². The zero-order valence-corrected chi connectivity index (χ0v) is 13.8. The lowest BCUT2D eigenvalue weighted by molar-refractivity contribution is 0.483. The SMILES string of the molecule is C/C(=N\N(C(N)=S)c1ccc(S(=O)(=O)O)cc1)c1ccccn1. The third kappa shape index (κ3) is 4.31. The van der Waals surface area contributed by atoms with Gasteiger partial charge in [0.1, 0.15) is 0 Å². The average Bonchev–Trinajstić information content (AvgIpc) is 2.52. The third-order valence-electron chi connectivity index (χ3n) is 2.87. The van der Waals surface area contributed by atoms with Gasteiger partial charge in [-0.2, -0.15) is 13.5 Å². The van der Waals surface area contributed by atoms with Gasteiger partial charge in [-0.25, -0.2) is 5.01 Å². The Hall–Kier alpha value is -2.36. The van der Waals surface area contributed by atoms with Crippen molar-refractivity contribution in [3.8, 4) is 0 Å². The number of pyridine rings is 1. The molecule has 2 aromatic rings. The molecule has 0 unspecified atom stereocenters. The Balaban J connectivity index is 2.38. The molecule has 3 N–H and O–H groups in total. The first kappa shape index (κ1) is 17.0.